The van der Waals surface area contributed by atoms with Gasteiger partial charge in [0, 0.05) is 12.2 Å². The molecule has 0 radical (unpaired) electrons. The summed E-state index contributed by atoms with van der Waals surface area (Å²) in [5.41, 5.74) is 1.54. The van der Waals surface area contributed by atoms with Crippen molar-refractivity contribution in [1.29, 1.82) is 0 Å². The lowest BCUT2D eigenvalue weighted by Gasteiger charge is -2.22. The van der Waals surface area contributed by atoms with Gasteiger partial charge in [0.1, 0.15) is 11.5 Å². The van der Waals surface area contributed by atoms with Crippen LogP contribution >= 0.6 is 0 Å². The van der Waals surface area contributed by atoms with Gasteiger partial charge in [-0.25, -0.2) is 8.42 Å². The normalized spacial score (nSPS) is 11.2. The highest BCUT2D eigenvalue weighted by molar-refractivity contribution is 7.89. The fraction of sp³-hybridized carbons (Fsp3) is 0.208. The minimum Gasteiger partial charge on any atom is -0.497 e. The van der Waals surface area contributed by atoms with E-state index in [4.69, 9.17) is 9.47 Å². The largest absolute Gasteiger partial charge is 0.497 e. The predicted octanol–water partition coefficient (Wildman–Crippen LogP) is 3.58. The first-order valence-corrected chi connectivity index (χ1v) is 11.5. The van der Waals surface area contributed by atoms with Crippen LogP contribution in [-0.4, -0.2) is 45.9 Å². The van der Waals surface area contributed by atoms with Crippen molar-refractivity contribution in [3.8, 4) is 11.5 Å². The lowest BCUT2D eigenvalue weighted by atomic mass is 10.1. The summed E-state index contributed by atoms with van der Waals surface area (Å²) in [6, 6.07) is 22.5. The Kier molecular flexibility index (Phi) is 7.86. The Balaban J connectivity index is 1.79. The Morgan fingerprint density at radius 3 is 1.97 bits per heavy atom. The Labute approximate surface area is 188 Å². The molecule has 3 aromatic carbocycles. The number of methoxy groups -OCH3 is 2. The van der Waals surface area contributed by atoms with Crippen LogP contribution in [0.4, 0.5) is 5.69 Å². The highest BCUT2D eigenvalue weighted by atomic mass is 32.2. The van der Waals surface area contributed by atoms with Crippen molar-refractivity contribution >= 4 is 21.6 Å². The molecule has 0 aliphatic heterocycles. The summed E-state index contributed by atoms with van der Waals surface area (Å²) in [6.07, 6.45) is 0.478. The summed E-state index contributed by atoms with van der Waals surface area (Å²) < 4.78 is 38.0. The van der Waals surface area contributed by atoms with E-state index in [0.717, 1.165) is 5.56 Å². The van der Waals surface area contributed by atoms with E-state index in [1.165, 1.54) is 23.5 Å². The molecule has 0 spiro atoms. The molecule has 32 heavy (non-hydrogen) atoms. The molecule has 0 atom stereocenters. The summed E-state index contributed by atoms with van der Waals surface area (Å²) in [5.74, 6) is 0.784. The molecule has 1 amide bonds. The number of amides is 1. The summed E-state index contributed by atoms with van der Waals surface area (Å²) in [4.78, 5) is 12.8. The molecule has 3 rings (SSSR count). The van der Waals surface area contributed by atoms with E-state index in [1.54, 1.807) is 43.5 Å². The fourth-order valence-electron chi connectivity index (χ4n) is 3.11. The molecule has 0 aromatic heterocycles. The first kappa shape index (κ1) is 23.3. The second-order valence-electron chi connectivity index (χ2n) is 7.03. The van der Waals surface area contributed by atoms with Gasteiger partial charge in [0.25, 0.3) is 0 Å². The first-order valence-electron chi connectivity index (χ1n) is 10.0. The number of anilines is 1. The minimum absolute atomic E-state index is 0.101. The Hall–Kier alpha value is -3.36. The van der Waals surface area contributed by atoms with Crippen LogP contribution in [0.3, 0.4) is 0 Å². The number of sulfonamides is 1. The number of carbonyl (C=O) groups excluding carboxylic acids is 1. The summed E-state index contributed by atoms with van der Waals surface area (Å²) >= 11 is 0. The maximum atomic E-state index is 13.3. The van der Waals surface area contributed by atoms with Gasteiger partial charge in [-0.2, -0.15) is 4.31 Å². The van der Waals surface area contributed by atoms with E-state index in [2.05, 4.69) is 5.32 Å². The monoisotopic (exact) mass is 454 g/mol. The van der Waals surface area contributed by atoms with Gasteiger partial charge in [0.15, 0.2) is 0 Å². The van der Waals surface area contributed by atoms with Gasteiger partial charge in [-0.05, 0) is 60.5 Å². The molecule has 168 valence electrons. The van der Waals surface area contributed by atoms with Crippen LogP contribution in [0.15, 0.2) is 83.8 Å². The summed E-state index contributed by atoms with van der Waals surface area (Å²) in [6.45, 7) is -0.151. The third-order valence-corrected chi connectivity index (χ3v) is 6.74. The molecule has 0 fully saturated rings. The molecule has 0 unspecified atom stereocenters. The van der Waals surface area contributed by atoms with Crippen molar-refractivity contribution in [2.45, 2.75) is 11.3 Å². The number of carbonyl (C=O) groups is 1. The fourth-order valence-corrected chi connectivity index (χ4v) is 4.51. The third kappa shape index (κ3) is 6.09. The van der Waals surface area contributed by atoms with Crippen molar-refractivity contribution in [2.24, 2.45) is 0 Å². The van der Waals surface area contributed by atoms with Crippen LogP contribution in [0.1, 0.15) is 5.56 Å². The molecule has 3 aromatic rings. The zero-order valence-electron chi connectivity index (χ0n) is 18.0. The second-order valence-corrected chi connectivity index (χ2v) is 8.96. The molecule has 1 N–H and O–H groups in total. The van der Waals surface area contributed by atoms with Crippen LogP contribution in [0.2, 0.25) is 0 Å². The Morgan fingerprint density at radius 1 is 0.844 bits per heavy atom. The van der Waals surface area contributed by atoms with Crippen molar-refractivity contribution in [1.82, 2.24) is 4.31 Å². The average molecular weight is 455 g/mol. The molecule has 7 nitrogen and oxygen atoms in total. The van der Waals surface area contributed by atoms with Gasteiger partial charge in [-0.3, -0.25) is 4.79 Å². The van der Waals surface area contributed by atoms with Crippen LogP contribution in [0.25, 0.3) is 0 Å². The Bertz CT molecular complexity index is 1120. The minimum atomic E-state index is -3.90. The molecular weight excluding hydrogens is 428 g/mol. The molecule has 0 saturated heterocycles. The van der Waals surface area contributed by atoms with Gasteiger partial charge in [0.05, 0.1) is 25.7 Å². The van der Waals surface area contributed by atoms with Gasteiger partial charge in [-0.15, -0.1) is 0 Å². The number of hydrogen-bond acceptors (Lipinski definition) is 5. The molecule has 8 heteroatoms. The molecule has 0 aliphatic rings. The second kappa shape index (κ2) is 10.8. The van der Waals surface area contributed by atoms with Crippen LogP contribution in [0.5, 0.6) is 11.5 Å². The highest BCUT2D eigenvalue weighted by Gasteiger charge is 2.26. The smallest absolute Gasteiger partial charge is 0.243 e. The van der Waals surface area contributed by atoms with Crippen molar-refractivity contribution in [3.05, 3.63) is 84.4 Å². The van der Waals surface area contributed by atoms with E-state index >= 15 is 0 Å². The third-order valence-electron chi connectivity index (χ3n) is 4.88. The quantitative estimate of drug-likeness (QED) is 0.506. The zero-order valence-corrected chi connectivity index (χ0v) is 18.8. The van der Waals surface area contributed by atoms with Gasteiger partial charge >= 0.3 is 0 Å². The standard InChI is InChI=1S/C24H26N2O5S/c1-30-21-10-8-20(9-11-21)25-24(27)18-26(17-16-19-6-4-3-5-7-19)32(28,29)23-14-12-22(31-2)13-15-23/h3-15H,16-18H2,1-2H3,(H,25,27). The number of nitrogens with zero attached hydrogens (tertiary/aromatic N) is 1. The first-order chi connectivity index (χ1) is 15.4. The predicted molar refractivity (Wildman–Crippen MR) is 124 cm³/mol. The molecular formula is C24H26N2O5S. The van der Waals surface area contributed by atoms with E-state index in [1.807, 2.05) is 30.3 Å². The average Bonchev–Trinajstić information content (AvgIpc) is 2.82. The summed E-state index contributed by atoms with van der Waals surface area (Å²) in [7, 11) is -0.826. The number of hydrogen-bond donors (Lipinski definition) is 1. The SMILES string of the molecule is COc1ccc(NC(=O)CN(CCc2ccccc2)S(=O)(=O)c2ccc(OC)cc2)cc1. The van der Waals surface area contributed by atoms with Crippen LogP contribution in [0, 0.1) is 0 Å². The van der Waals surface area contributed by atoms with Crippen LogP contribution in [-0.2, 0) is 21.2 Å². The summed E-state index contributed by atoms with van der Waals surface area (Å²) in [5, 5.41) is 2.74. The zero-order chi connectivity index (χ0) is 23.0. The van der Waals surface area contributed by atoms with E-state index in [9.17, 15) is 13.2 Å². The van der Waals surface area contributed by atoms with E-state index in [-0.39, 0.29) is 18.0 Å². The number of rotatable bonds is 10. The Morgan fingerprint density at radius 2 is 1.41 bits per heavy atom. The number of benzene rings is 3. The highest BCUT2D eigenvalue weighted by Crippen LogP contribution is 2.21. The maximum Gasteiger partial charge on any atom is 0.243 e. The van der Waals surface area contributed by atoms with Crippen molar-refractivity contribution < 1.29 is 22.7 Å². The van der Waals surface area contributed by atoms with Crippen LogP contribution < -0.4 is 14.8 Å². The van der Waals surface area contributed by atoms with Gasteiger partial charge < -0.3 is 14.8 Å². The number of ether oxygens (including phenoxy) is 2. The topological polar surface area (TPSA) is 84.9 Å². The van der Waals surface area contributed by atoms with Crippen molar-refractivity contribution in [2.75, 3.05) is 32.6 Å². The lowest BCUT2D eigenvalue weighted by Crippen LogP contribution is -2.39. The van der Waals surface area contributed by atoms with Gasteiger partial charge in [0.2, 0.25) is 15.9 Å². The van der Waals surface area contributed by atoms with Gasteiger partial charge in [-0.1, -0.05) is 30.3 Å². The van der Waals surface area contributed by atoms with E-state index < -0.39 is 15.9 Å². The maximum absolute atomic E-state index is 13.3. The molecule has 0 heterocycles. The molecule has 0 saturated carbocycles. The molecule has 0 bridgehead atoms. The van der Waals surface area contributed by atoms with E-state index in [0.29, 0.717) is 23.6 Å². The lowest BCUT2D eigenvalue weighted by molar-refractivity contribution is -0.116. The van der Waals surface area contributed by atoms with Crippen molar-refractivity contribution in [3.63, 3.8) is 0 Å². The number of nitrogens with one attached hydrogen (secondary N) is 1. The molecule has 0 aliphatic carbocycles.